The van der Waals surface area contributed by atoms with Crippen molar-refractivity contribution in [1.29, 1.82) is 0 Å². The van der Waals surface area contributed by atoms with E-state index < -0.39 is 17.7 Å². The number of pyridine rings is 1. The Kier molecular flexibility index (Phi) is 3.97. The quantitative estimate of drug-likeness (QED) is 0.790. The van der Waals surface area contributed by atoms with Gasteiger partial charge in [-0.1, -0.05) is 6.07 Å². The van der Waals surface area contributed by atoms with Crippen molar-refractivity contribution in [1.82, 2.24) is 4.98 Å². The summed E-state index contributed by atoms with van der Waals surface area (Å²) in [6.45, 7) is 1.39. The van der Waals surface area contributed by atoms with Crippen LogP contribution in [0.5, 0.6) is 0 Å². The molecule has 3 nitrogen and oxygen atoms in total. The Labute approximate surface area is 119 Å². The zero-order chi connectivity index (χ0) is 15.6. The Balaban J connectivity index is 2.44. The summed E-state index contributed by atoms with van der Waals surface area (Å²) in [5, 5.41) is 0. The molecule has 0 saturated carbocycles. The summed E-state index contributed by atoms with van der Waals surface area (Å²) >= 11 is 0. The van der Waals surface area contributed by atoms with Gasteiger partial charge in [-0.15, -0.1) is 0 Å². The van der Waals surface area contributed by atoms with E-state index in [9.17, 15) is 18.0 Å². The molecule has 0 saturated heterocycles. The third-order valence-electron chi connectivity index (χ3n) is 3.01. The Bertz CT molecular complexity index is 681. The highest BCUT2D eigenvalue weighted by atomic mass is 19.4. The van der Waals surface area contributed by atoms with Gasteiger partial charge in [-0.3, -0.25) is 4.98 Å². The fraction of sp³-hybridized carbons (Fsp3) is 0.200. The SMILES string of the molecule is COC(=O)c1ccnc(-c2ccc(C(F)(F)F)c(C)c2)c1. The van der Waals surface area contributed by atoms with E-state index >= 15 is 0 Å². The highest BCUT2D eigenvalue weighted by Gasteiger charge is 2.32. The standard InChI is InChI=1S/C15H12F3NO2/c1-9-7-10(3-4-12(9)15(16,17)18)13-8-11(5-6-19-13)14(20)21-2/h3-8H,1-2H3. The number of methoxy groups -OCH3 is 1. The van der Waals surface area contributed by atoms with Crippen LogP contribution in [0.1, 0.15) is 21.5 Å². The van der Waals surface area contributed by atoms with Crippen LogP contribution >= 0.6 is 0 Å². The fourth-order valence-corrected chi connectivity index (χ4v) is 1.97. The molecule has 1 heterocycles. The zero-order valence-electron chi connectivity index (χ0n) is 11.4. The molecule has 0 aliphatic rings. The predicted molar refractivity (Wildman–Crippen MR) is 70.8 cm³/mol. The van der Waals surface area contributed by atoms with E-state index in [0.717, 1.165) is 6.07 Å². The van der Waals surface area contributed by atoms with E-state index in [1.54, 1.807) is 0 Å². The summed E-state index contributed by atoms with van der Waals surface area (Å²) in [5.41, 5.74) is 0.627. The first-order chi connectivity index (χ1) is 9.82. The van der Waals surface area contributed by atoms with Gasteiger partial charge in [0.25, 0.3) is 0 Å². The van der Waals surface area contributed by atoms with Crippen LogP contribution in [-0.4, -0.2) is 18.1 Å². The van der Waals surface area contributed by atoms with Gasteiger partial charge in [0.05, 0.1) is 23.9 Å². The molecular weight excluding hydrogens is 283 g/mol. The molecule has 6 heteroatoms. The third-order valence-corrected chi connectivity index (χ3v) is 3.01. The average Bonchev–Trinajstić information content (AvgIpc) is 2.45. The number of rotatable bonds is 2. The van der Waals surface area contributed by atoms with Gasteiger partial charge in [0.1, 0.15) is 0 Å². The van der Waals surface area contributed by atoms with Gasteiger partial charge in [-0.2, -0.15) is 13.2 Å². The first-order valence-electron chi connectivity index (χ1n) is 6.05. The summed E-state index contributed by atoms with van der Waals surface area (Å²) in [4.78, 5) is 15.5. The first-order valence-corrected chi connectivity index (χ1v) is 6.05. The second-order valence-corrected chi connectivity index (χ2v) is 4.45. The van der Waals surface area contributed by atoms with Crippen LogP contribution in [0.15, 0.2) is 36.5 Å². The minimum atomic E-state index is -4.39. The van der Waals surface area contributed by atoms with Crippen molar-refractivity contribution < 1.29 is 22.7 Å². The lowest BCUT2D eigenvalue weighted by Gasteiger charge is -2.11. The minimum Gasteiger partial charge on any atom is -0.465 e. The van der Waals surface area contributed by atoms with Gasteiger partial charge in [-0.05, 0) is 36.8 Å². The van der Waals surface area contributed by atoms with E-state index in [1.165, 1.54) is 44.5 Å². The number of nitrogens with zero attached hydrogens (tertiary/aromatic N) is 1. The summed E-state index contributed by atoms with van der Waals surface area (Å²) in [6.07, 6.45) is -2.97. The van der Waals surface area contributed by atoms with Crippen LogP contribution in [0.3, 0.4) is 0 Å². The molecule has 110 valence electrons. The monoisotopic (exact) mass is 295 g/mol. The van der Waals surface area contributed by atoms with E-state index in [0.29, 0.717) is 16.8 Å². The van der Waals surface area contributed by atoms with E-state index in [-0.39, 0.29) is 5.56 Å². The maximum atomic E-state index is 12.7. The minimum absolute atomic E-state index is 0.102. The van der Waals surface area contributed by atoms with Crippen molar-refractivity contribution >= 4 is 5.97 Å². The van der Waals surface area contributed by atoms with Crippen molar-refractivity contribution in [2.45, 2.75) is 13.1 Å². The lowest BCUT2D eigenvalue weighted by Crippen LogP contribution is -2.07. The molecule has 0 aliphatic heterocycles. The van der Waals surface area contributed by atoms with Crippen molar-refractivity contribution in [2.75, 3.05) is 7.11 Å². The number of ether oxygens (including phenoxy) is 1. The topological polar surface area (TPSA) is 39.2 Å². The van der Waals surface area contributed by atoms with E-state index in [2.05, 4.69) is 9.72 Å². The van der Waals surface area contributed by atoms with Crippen LogP contribution < -0.4 is 0 Å². The Hall–Kier alpha value is -2.37. The summed E-state index contributed by atoms with van der Waals surface area (Å²) in [5.74, 6) is -0.526. The number of carbonyl (C=O) groups is 1. The maximum Gasteiger partial charge on any atom is 0.416 e. The number of alkyl halides is 3. The highest BCUT2D eigenvalue weighted by molar-refractivity contribution is 5.90. The number of hydrogen-bond acceptors (Lipinski definition) is 3. The molecule has 0 N–H and O–H groups in total. The number of carbonyl (C=O) groups excluding carboxylic acids is 1. The Morgan fingerprint density at radius 2 is 1.90 bits per heavy atom. The lowest BCUT2D eigenvalue weighted by atomic mass is 10.0. The number of esters is 1. The molecule has 1 aromatic heterocycles. The molecular formula is C15H12F3NO2. The summed E-state index contributed by atoms with van der Waals surface area (Å²) in [7, 11) is 1.25. The second-order valence-electron chi connectivity index (χ2n) is 4.45. The Morgan fingerprint density at radius 3 is 2.48 bits per heavy atom. The van der Waals surface area contributed by atoms with E-state index in [4.69, 9.17) is 0 Å². The molecule has 21 heavy (non-hydrogen) atoms. The molecule has 0 spiro atoms. The van der Waals surface area contributed by atoms with Gasteiger partial charge in [0, 0.05) is 11.8 Å². The van der Waals surface area contributed by atoms with Gasteiger partial charge < -0.3 is 4.74 Å². The smallest absolute Gasteiger partial charge is 0.416 e. The normalized spacial score (nSPS) is 11.3. The molecule has 0 amide bonds. The van der Waals surface area contributed by atoms with Gasteiger partial charge >= 0.3 is 12.1 Å². The van der Waals surface area contributed by atoms with E-state index in [1.807, 2.05) is 0 Å². The van der Waals surface area contributed by atoms with Crippen LogP contribution in [0.2, 0.25) is 0 Å². The van der Waals surface area contributed by atoms with Crippen molar-refractivity contribution in [3.63, 3.8) is 0 Å². The van der Waals surface area contributed by atoms with Gasteiger partial charge in [0.15, 0.2) is 0 Å². The number of halogens is 3. The molecule has 0 unspecified atom stereocenters. The summed E-state index contributed by atoms with van der Waals surface area (Å²) in [6, 6.07) is 6.70. The molecule has 0 aliphatic carbocycles. The lowest BCUT2D eigenvalue weighted by molar-refractivity contribution is -0.138. The summed E-state index contributed by atoms with van der Waals surface area (Å²) < 4.78 is 42.8. The molecule has 1 aromatic carbocycles. The number of aryl methyl sites for hydroxylation is 1. The first kappa shape index (κ1) is 15.0. The van der Waals surface area contributed by atoms with Crippen LogP contribution in [0, 0.1) is 6.92 Å². The number of hydrogen-bond donors (Lipinski definition) is 0. The predicted octanol–water partition coefficient (Wildman–Crippen LogP) is 3.86. The molecule has 2 aromatic rings. The van der Waals surface area contributed by atoms with Crippen molar-refractivity contribution in [3.05, 3.63) is 53.2 Å². The Morgan fingerprint density at radius 1 is 1.19 bits per heavy atom. The molecule has 0 radical (unpaired) electrons. The zero-order valence-corrected chi connectivity index (χ0v) is 11.4. The largest absolute Gasteiger partial charge is 0.465 e. The molecule has 2 rings (SSSR count). The molecule has 0 bridgehead atoms. The second kappa shape index (κ2) is 5.55. The number of benzene rings is 1. The van der Waals surface area contributed by atoms with Gasteiger partial charge in [-0.25, -0.2) is 4.79 Å². The van der Waals surface area contributed by atoms with Crippen LogP contribution in [-0.2, 0) is 10.9 Å². The third kappa shape index (κ3) is 3.21. The van der Waals surface area contributed by atoms with Crippen molar-refractivity contribution in [3.8, 4) is 11.3 Å². The van der Waals surface area contributed by atoms with Crippen LogP contribution in [0.25, 0.3) is 11.3 Å². The van der Waals surface area contributed by atoms with Crippen LogP contribution in [0.4, 0.5) is 13.2 Å². The molecule has 0 fully saturated rings. The number of aromatic nitrogens is 1. The highest BCUT2D eigenvalue weighted by Crippen LogP contribution is 2.33. The maximum absolute atomic E-state index is 12.7. The fourth-order valence-electron chi connectivity index (χ4n) is 1.97. The molecule has 0 atom stereocenters. The van der Waals surface area contributed by atoms with Crippen molar-refractivity contribution in [2.24, 2.45) is 0 Å². The average molecular weight is 295 g/mol. The van der Waals surface area contributed by atoms with Gasteiger partial charge in [0.2, 0.25) is 0 Å².